The number of esters is 1. The van der Waals surface area contributed by atoms with Crippen molar-refractivity contribution >= 4 is 5.97 Å². The molecule has 0 aliphatic heterocycles. The Bertz CT molecular complexity index is 364. The van der Waals surface area contributed by atoms with Crippen LogP contribution in [0.15, 0.2) is 29.5 Å². The molecule has 19 heavy (non-hydrogen) atoms. The molecule has 2 nitrogen and oxygen atoms in total. The van der Waals surface area contributed by atoms with Crippen LogP contribution in [0.3, 0.4) is 0 Å². The molecule has 0 saturated heterocycles. The molecule has 0 atom stereocenters. The molecule has 0 amide bonds. The van der Waals surface area contributed by atoms with Crippen molar-refractivity contribution in [1.29, 1.82) is 0 Å². The van der Waals surface area contributed by atoms with Gasteiger partial charge >= 0.3 is 5.97 Å². The zero-order valence-electron chi connectivity index (χ0n) is 13.5. The quantitative estimate of drug-likeness (QED) is 0.419. The number of allylic oxidation sites excluding steroid dienone is 2. The summed E-state index contributed by atoms with van der Waals surface area (Å²) in [5.41, 5.74) is 4.80. The second-order valence-electron chi connectivity index (χ2n) is 6.62. The van der Waals surface area contributed by atoms with Gasteiger partial charge in [-0.3, -0.25) is 4.79 Å². The van der Waals surface area contributed by atoms with Crippen LogP contribution in [-0.4, -0.2) is 12.6 Å². The standard InChI is InChI=1S/C17H28O2/c1-8-19-15(18)13-11-9-10-12-14(16(2,3)4)17(5,6)7/h9-11H,8,13H2,1-7H3/b11-9+. The number of carbonyl (C=O) groups excluding carboxylic acids is 1. The molecule has 0 rings (SSSR count). The van der Waals surface area contributed by atoms with Crippen LogP contribution in [-0.2, 0) is 9.53 Å². The maximum Gasteiger partial charge on any atom is 0.309 e. The van der Waals surface area contributed by atoms with E-state index in [9.17, 15) is 4.79 Å². The summed E-state index contributed by atoms with van der Waals surface area (Å²) in [4.78, 5) is 11.1. The summed E-state index contributed by atoms with van der Waals surface area (Å²) < 4.78 is 4.85. The van der Waals surface area contributed by atoms with Gasteiger partial charge in [-0.1, -0.05) is 53.7 Å². The van der Waals surface area contributed by atoms with E-state index in [4.69, 9.17) is 4.74 Å². The topological polar surface area (TPSA) is 26.3 Å². The fraction of sp³-hybridized carbons (Fsp3) is 0.647. The molecular weight excluding hydrogens is 236 g/mol. The summed E-state index contributed by atoms with van der Waals surface area (Å²) in [5, 5.41) is 0. The lowest BCUT2D eigenvalue weighted by molar-refractivity contribution is -0.142. The first-order valence-electron chi connectivity index (χ1n) is 6.87. The molecule has 0 radical (unpaired) electrons. The molecule has 0 aromatic heterocycles. The summed E-state index contributed by atoms with van der Waals surface area (Å²) in [5.74, 6) is -0.192. The molecule has 0 bridgehead atoms. The zero-order valence-corrected chi connectivity index (χ0v) is 13.5. The van der Waals surface area contributed by atoms with E-state index in [2.05, 4.69) is 47.3 Å². The highest BCUT2D eigenvalue weighted by Gasteiger charge is 2.27. The maximum atomic E-state index is 11.1. The lowest BCUT2D eigenvalue weighted by Crippen LogP contribution is -2.21. The Morgan fingerprint density at radius 2 is 1.63 bits per heavy atom. The Hall–Kier alpha value is -1.27. The Balaban J connectivity index is 4.84. The number of ether oxygens (including phenoxy) is 1. The van der Waals surface area contributed by atoms with Gasteiger partial charge in [0.25, 0.3) is 0 Å². The fourth-order valence-electron chi connectivity index (χ4n) is 2.14. The summed E-state index contributed by atoms with van der Waals surface area (Å²) in [6.45, 7) is 15.4. The van der Waals surface area contributed by atoms with Crippen molar-refractivity contribution in [2.24, 2.45) is 10.8 Å². The lowest BCUT2D eigenvalue weighted by atomic mass is 9.72. The third-order valence-electron chi connectivity index (χ3n) is 2.55. The Labute approximate surface area is 118 Å². The van der Waals surface area contributed by atoms with Crippen molar-refractivity contribution in [3.8, 4) is 0 Å². The van der Waals surface area contributed by atoms with Gasteiger partial charge in [0.05, 0.1) is 13.0 Å². The van der Waals surface area contributed by atoms with Gasteiger partial charge in [-0.2, -0.15) is 0 Å². The van der Waals surface area contributed by atoms with E-state index in [1.54, 1.807) is 6.08 Å². The number of hydrogen-bond acceptors (Lipinski definition) is 2. The zero-order chi connectivity index (χ0) is 15.1. The fourth-order valence-corrected chi connectivity index (χ4v) is 2.14. The third-order valence-corrected chi connectivity index (χ3v) is 2.55. The summed E-state index contributed by atoms with van der Waals surface area (Å²) >= 11 is 0. The smallest absolute Gasteiger partial charge is 0.309 e. The van der Waals surface area contributed by atoms with E-state index in [-0.39, 0.29) is 16.8 Å². The van der Waals surface area contributed by atoms with Gasteiger partial charge in [0.2, 0.25) is 0 Å². The van der Waals surface area contributed by atoms with E-state index in [1.165, 1.54) is 5.57 Å². The predicted octanol–water partition coefficient (Wildman–Crippen LogP) is 4.67. The van der Waals surface area contributed by atoms with Crippen LogP contribution in [0.1, 0.15) is 54.9 Å². The maximum absolute atomic E-state index is 11.1. The molecule has 0 aromatic carbocycles. The number of rotatable bonds is 4. The molecule has 0 aliphatic carbocycles. The van der Waals surface area contributed by atoms with Gasteiger partial charge in [0.1, 0.15) is 0 Å². The van der Waals surface area contributed by atoms with E-state index in [0.717, 1.165) is 0 Å². The Morgan fingerprint density at radius 1 is 1.11 bits per heavy atom. The molecule has 0 heterocycles. The van der Waals surface area contributed by atoms with Gasteiger partial charge in [-0.15, -0.1) is 5.73 Å². The first-order chi connectivity index (χ1) is 8.59. The summed E-state index contributed by atoms with van der Waals surface area (Å²) in [6, 6.07) is 0. The first kappa shape index (κ1) is 17.7. The van der Waals surface area contributed by atoms with Crippen LogP contribution >= 0.6 is 0 Å². The Kier molecular flexibility index (Phi) is 6.86. The molecule has 0 unspecified atom stereocenters. The molecular formula is C17H28O2. The van der Waals surface area contributed by atoms with Gasteiger partial charge in [0.15, 0.2) is 0 Å². The second-order valence-corrected chi connectivity index (χ2v) is 6.62. The highest BCUT2D eigenvalue weighted by Crippen LogP contribution is 2.38. The van der Waals surface area contributed by atoms with Crippen molar-refractivity contribution in [3.63, 3.8) is 0 Å². The van der Waals surface area contributed by atoms with Crippen LogP contribution in [0.5, 0.6) is 0 Å². The van der Waals surface area contributed by atoms with Crippen molar-refractivity contribution in [3.05, 3.63) is 29.5 Å². The minimum absolute atomic E-state index is 0.0870. The molecule has 0 aliphatic rings. The molecule has 2 heteroatoms. The van der Waals surface area contributed by atoms with Gasteiger partial charge < -0.3 is 4.74 Å². The predicted molar refractivity (Wildman–Crippen MR) is 80.9 cm³/mol. The van der Waals surface area contributed by atoms with E-state index in [0.29, 0.717) is 13.0 Å². The minimum Gasteiger partial charge on any atom is -0.466 e. The van der Waals surface area contributed by atoms with Gasteiger partial charge in [-0.25, -0.2) is 0 Å². The number of hydrogen-bond donors (Lipinski definition) is 0. The van der Waals surface area contributed by atoms with E-state index >= 15 is 0 Å². The third kappa shape index (κ3) is 7.69. The monoisotopic (exact) mass is 264 g/mol. The van der Waals surface area contributed by atoms with Crippen molar-refractivity contribution in [1.82, 2.24) is 0 Å². The van der Waals surface area contributed by atoms with Crippen LogP contribution in [0.2, 0.25) is 0 Å². The average molecular weight is 264 g/mol. The van der Waals surface area contributed by atoms with E-state index in [1.807, 2.05) is 19.1 Å². The molecule has 0 spiro atoms. The highest BCUT2D eigenvalue weighted by atomic mass is 16.5. The van der Waals surface area contributed by atoms with Crippen molar-refractivity contribution < 1.29 is 9.53 Å². The van der Waals surface area contributed by atoms with Crippen molar-refractivity contribution in [2.75, 3.05) is 6.61 Å². The highest BCUT2D eigenvalue weighted by molar-refractivity contribution is 5.71. The van der Waals surface area contributed by atoms with Crippen LogP contribution < -0.4 is 0 Å². The normalized spacial score (nSPS) is 12.2. The minimum atomic E-state index is -0.192. The summed E-state index contributed by atoms with van der Waals surface area (Å²) in [6.07, 6.45) is 5.85. The summed E-state index contributed by atoms with van der Waals surface area (Å²) in [7, 11) is 0. The number of carbonyl (C=O) groups is 1. The van der Waals surface area contributed by atoms with Gasteiger partial charge in [-0.05, 0) is 29.4 Å². The second kappa shape index (κ2) is 7.35. The molecule has 0 fully saturated rings. The van der Waals surface area contributed by atoms with Crippen LogP contribution in [0.4, 0.5) is 0 Å². The molecule has 108 valence electrons. The molecule has 0 aromatic rings. The molecule has 0 N–H and O–H groups in total. The SMILES string of the molecule is CCOC(=O)C/C=C/C=C=C(C(C)(C)C)C(C)(C)C. The average Bonchev–Trinajstić information content (AvgIpc) is 2.19. The molecule has 0 saturated carbocycles. The van der Waals surface area contributed by atoms with Crippen LogP contribution in [0.25, 0.3) is 0 Å². The largest absolute Gasteiger partial charge is 0.466 e. The van der Waals surface area contributed by atoms with Gasteiger partial charge in [0, 0.05) is 0 Å². The van der Waals surface area contributed by atoms with Crippen molar-refractivity contribution in [2.45, 2.75) is 54.9 Å². The van der Waals surface area contributed by atoms with Crippen LogP contribution in [0, 0.1) is 10.8 Å². The van der Waals surface area contributed by atoms with E-state index < -0.39 is 0 Å². The first-order valence-corrected chi connectivity index (χ1v) is 6.87. The Morgan fingerprint density at radius 3 is 2.05 bits per heavy atom. The lowest BCUT2D eigenvalue weighted by Gasteiger charge is -2.32.